The molecule has 1 saturated heterocycles. The highest BCUT2D eigenvalue weighted by Crippen LogP contribution is 2.31. The van der Waals surface area contributed by atoms with Gasteiger partial charge in [-0.15, -0.1) is 0 Å². The van der Waals surface area contributed by atoms with E-state index >= 15 is 0 Å². The van der Waals surface area contributed by atoms with Crippen LogP contribution in [0.5, 0.6) is 0 Å². The number of benzene rings is 1. The van der Waals surface area contributed by atoms with Crippen molar-refractivity contribution in [3.8, 4) is 0 Å². The van der Waals surface area contributed by atoms with Crippen molar-refractivity contribution in [2.45, 2.75) is 35.6 Å². The summed E-state index contributed by atoms with van der Waals surface area (Å²) < 4.78 is 11.1. The lowest BCUT2D eigenvalue weighted by Crippen LogP contribution is -2.48. The Labute approximate surface area is 122 Å². The molecule has 0 aliphatic carbocycles. The van der Waals surface area contributed by atoms with E-state index in [1.165, 1.54) is 11.8 Å². The summed E-state index contributed by atoms with van der Waals surface area (Å²) in [6.07, 6.45) is -0.651. The second-order valence-electron chi connectivity index (χ2n) is 4.46. The van der Waals surface area contributed by atoms with Gasteiger partial charge in [0.25, 0.3) is 0 Å². The van der Waals surface area contributed by atoms with Gasteiger partial charge < -0.3 is 20.3 Å². The van der Waals surface area contributed by atoms with E-state index in [9.17, 15) is 5.11 Å². The molecule has 1 aliphatic heterocycles. The molecule has 1 aromatic carbocycles. The molecule has 0 amide bonds. The number of thioether (sulfide) groups is 1. The van der Waals surface area contributed by atoms with E-state index in [2.05, 4.69) is 0 Å². The predicted octanol–water partition coefficient (Wildman–Crippen LogP) is 1.88. The Bertz CT molecular complexity index is 421. The summed E-state index contributed by atoms with van der Waals surface area (Å²) in [4.78, 5) is 0.942. The monoisotopic (exact) mass is 303 g/mol. The van der Waals surface area contributed by atoms with Gasteiger partial charge in [-0.05, 0) is 25.1 Å². The van der Waals surface area contributed by atoms with Crippen molar-refractivity contribution >= 4 is 23.4 Å². The van der Waals surface area contributed by atoms with Crippen molar-refractivity contribution in [3.63, 3.8) is 0 Å². The molecule has 1 heterocycles. The molecular weight excluding hydrogens is 286 g/mol. The van der Waals surface area contributed by atoms with Crippen LogP contribution in [0.1, 0.15) is 6.92 Å². The summed E-state index contributed by atoms with van der Waals surface area (Å²) in [5.41, 5.74) is 5.11. The van der Waals surface area contributed by atoms with E-state index in [4.69, 9.17) is 26.8 Å². The summed E-state index contributed by atoms with van der Waals surface area (Å²) in [6.45, 7) is 2.66. The Balaban J connectivity index is 2.00. The van der Waals surface area contributed by atoms with Gasteiger partial charge in [-0.25, -0.2) is 0 Å². The van der Waals surface area contributed by atoms with Crippen LogP contribution in [-0.4, -0.2) is 42.0 Å². The average Bonchev–Trinajstić information content (AvgIpc) is 2.40. The molecule has 19 heavy (non-hydrogen) atoms. The van der Waals surface area contributed by atoms with Gasteiger partial charge >= 0.3 is 0 Å². The van der Waals surface area contributed by atoms with Gasteiger partial charge in [-0.2, -0.15) is 0 Å². The van der Waals surface area contributed by atoms with Crippen LogP contribution in [0.3, 0.4) is 0 Å². The number of halogens is 1. The van der Waals surface area contributed by atoms with Crippen LogP contribution >= 0.6 is 23.4 Å². The molecule has 0 bridgehead atoms. The van der Waals surface area contributed by atoms with E-state index in [0.717, 1.165) is 4.90 Å². The van der Waals surface area contributed by atoms with Gasteiger partial charge in [-0.1, -0.05) is 29.4 Å². The van der Waals surface area contributed by atoms with Gasteiger partial charge in [0.05, 0.1) is 12.7 Å². The minimum Gasteiger partial charge on any atom is -0.388 e. The molecule has 3 unspecified atom stereocenters. The molecule has 0 radical (unpaired) electrons. The molecule has 4 nitrogen and oxygen atoms in total. The lowest BCUT2D eigenvalue weighted by Gasteiger charge is -2.37. The molecule has 106 valence electrons. The molecule has 3 N–H and O–H groups in total. The fraction of sp³-hybridized carbons (Fsp3) is 0.538. The van der Waals surface area contributed by atoms with Crippen LogP contribution in [0, 0.1) is 0 Å². The highest BCUT2D eigenvalue weighted by atomic mass is 35.5. The topological polar surface area (TPSA) is 64.7 Å². The standard InChI is InChI=1S/C13H18ClNO3S/c1-8-12(7-17-8)18-13(11(16)6-15)19-10-4-2-3-9(14)5-10/h2-5,8,11-13,16H,6-7,15H2,1H3/t8?,11-,12?,13?/m0/s1. The van der Waals surface area contributed by atoms with Crippen LogP contribution in [0.4, 0.5) is 0 Å². The van der Waals surface area contributed by atoms with Gasteiger partial charge in [-0.3, -0.25) is 0 Å². The molecule has 2 rings (SSSR count). The van der Waals surface area contributed by atoms with Gasteiger partial charge in [0.2, 0.25) is 0 Å². The maximum atomic E-state index is 9.96. The summed E-state index contributed by atoms with van der Waals surface area (Å²) in [7, 11) is 0. The maximum Gasteiger partial charge on any atom is 0.135 e. The Morgan fingerprint density at radius 2 is 2.42 bits per heavy atom. The molecule has 1 aromatic rings. The normalized spacial score (nSPS) is 25.7. The van der Waals surface area contributed by atoms with Crippen LogP contribution in [-0.2, 0) is 9.47 Å². The van der Waals surface area contributed by atoms with Gasteiger partial charge in [0.15, 0.2) is 0 Å². The summed E-state index contributed by atoms with van der Waals surface area (Å²) >= 11 is 7.37. The van der Waals surface area contributed by atoms with Crippen molar-refractivity contribution in [1.82, 2.24) is 0 Å². The quantitative estimate of drug-likeness (QED) is 0.620. The lowest BCUT2D eigenvalue weighted by molar-refractivity contribution is -0.195. The smallest absolute Gasteiger partial charge is 0.135 e. The summed E-state index contributed by atoms with van der Waals surface area (Å²) in [6, 6.07) is 7.44. The van der Waals surface area contributed by atoms with E-state index < -0.39 is 11.5 Å². The molecule has 1 fully saturated rings. The second-order valence-corrected chi connectivity index (χ2v) is 6.07. The third-order valence-corrected chi connectivity index (χ3v) is 4.38. The number of aliphatic hydroxyl groups excluding tert-OH is 1. The summed E-state index contributed by atoms with van der Waals surface area (Å²) in [5.74, 6) is 0. The van der Waals surface area contributed by atoms with Gasteiger partial charge in [0.1, 0.15) is 17.6 Å². The van der Waals surface area contributed by atoms with Crippen molar-refractivity contribution in [1.29, 1.82) is 0 Å². The summed E-state index contributed by atoms with van der Waals surface area (Å²) in [5, 5.41) is 10.6. The predicted molar refractivity (Wildman–Crippen MR) is 76.4 cm³/mol. The van der Waals surface area contributed by atoms with Gasteiger partial charge in [0, 0.05) is 16.5 Å². The first-order valence-corrected chi connectivity index (χ1v) is 7.43. The van der Waals surface area contributed by atoms with E-state index in [0.29, 0.717) is 11.6 Å². The van der Waals surface area contributed by atoms with Crippen molar-refractivity contribution in [2.75, 3.05) is 13.2 Å². The average molecular weight is 304 g/mol. The number of rotatable bonds is 6. The number of ether oxygens (including phenoxy) is 2. The Morgan fingerprint density at radius 3 is 2.95 bits per heavy atom. The van der Waals surface area contributed by atoms with Crippen LogP contribution in [0.15, 0.2) is 29.2 Å². The zero-order chi connectivity index (χ0) is 13.8. The first-order valence-electron chi connectivity index (χ1n) is 6.17. The van der Waals surface area contributed by atoms with Crippen molar-refractivity contribution < 1.29 is 14.6 Å². The SMILES string of the molecule is CC1OCC1OC(Sc1cccc(Cl)c1)[C@@H](O)CN. The second kappa shape index (κ2) is 6.92. The van der Waals surface area contributed by atoms with Crippen molar-refractivity contribution in [3.05, 3.63) is 29.3 Å². The Hall–Kier alpha value is -0.300. The minimum absolute atomic E-state index is 0.0119. The van der Waals surface area contributed by atoms with Crippen LogP contribution < -0.4 is 5.73 Å². The lowest BCUT2D eigenvalue weighted by atomic mass is 10.1. The van der Waals surface area contributed by atoms with E-state index in [-0.39, 0.29) is 18.8 Å². The van der Waals surface area contributed by atoms with Crippen molar-refractivity contribution in [2.24, 2.45) is 5.73 Å². The molecule has 1 aliphatic rings. The molecule has 0 aromatic heterocycles. The van der Waals surface area contributed by atoms with E-state index in [1.54, 1.807) is 0 Å². The largest absolute Gasteiger partial charge is 0.388 e. The number of hydrogen-bond donors (Lipinski definition) is 2. The first-order chi connectivity index (χ1) is 9.10. The van der Waals surface area contributed by atoms with Crippen LogP contribution in [0.25, 0.3) is 0 Å². The third kappa shape index (κ3) is 4.08. The number of nitrogens with two attached hydrogens (primary N) is 1. The van der Waals surface area contributed by atoms with E-state index in [1.807, 2.05) is 31.2 Å². The molecule has 0 spiro atoms. The third-order valence-electron chi connectivity index (χ3n) is 2.96. The molecular formula is C13H18ClNO3S. The Morgan fingerprint density at radius 1 is 1.63 bits per heavy atom. The fourth-order valence-electron chi connectivity index (χ4n) is 1.67. The molecule has 6 heteroatoms. The zero-order valence-corrected chi connectivity index (χ0v) is 12.2. The minimum atomic E-state index is -0.725. The highest BCUT2D eigenvalue weighted by Gasteiger charge is 2.33. The first kappa shape index (κ1) is 15.1. The highest BCUT2D eigenvalue weighted by molar-refractivity contribution is 7.99. The number of aliphatic hydroxyl groups is 1. The van der Waals surface area contributed by atoms with Crippen LogP contribution in [0.2, 0.25) is 5.02 Å². The Kier molecular flexibility index (Phi) is 5.50. The number of hydrogen-bond acceptors (Lipinski definition) is 5. The zero-order valence-electron chi connectivity index (χ0n) is 10.7. The fourth-order valence-corrected chi connectivity index (χ4v) is 3.01. The molecule has 0 saturated carbocycles. The maximum absolute atomic E-state index is 9.96. The molecule has 4 atom stereocenters.